The molecule has 0 saturated heterocycles. The molecular weight excluding hydrogens is 193 g/mol. The normalized spacial score (nSPS) is 12.5. The number of ether oxygens (including phenoxy) is 1. The van der Waals surface area contributed by atoms with Crippen molar-refractivity contribution in [1.82, 2.24) is 4.98 Å². The van der Waals surface area contributed by atoms with Crippen molar-refractivity contribution in [1.29, 1.82) is 0 Å². The smallest absolute Gasteiger partial charge is 0.148 e. The van der Waals surface area contributed by atoms with Gasteiger partial charge in [-0.1, -0.05) is 20.3 Å². The first kappa shape index (κ1) is 12.0. The van der Waals surface area contributed by atoms with Crippen molar-refractivity contribution in [2.75, 3.05) is 7.11 Å². The molecule has 0 fully saturated rings. The van der Waals surface area contributed by atoms with E-state index in [4.69, 9.17) is 4.74 Å². The summed E-state index contributed by atoms with van der Waals surface area (Å²) in [5.74, 6) is 0.443. The SMILES string of the molecule is CCCC(CC)c1ncc(OC)cc1F. The molecule has 0 aromatic carbocycles. The van der Waals surface area contributed by atoms with Crippen LogP contribution in [0.15, 0.2) is 12.3 Å². The van der Waals surface area contributed by atoms with E-state index >= 15 is 0 Å². The molecule has 1 aromatic rings. The lowest BCUT2D eigenvalue weighted by molar-refractivity contribution is 0.405. The average Bonchev–Trinajstić information content (AvgIpc) is 2.26. The second kappa shape index (κ2) is 5.69. The molecule has 0 aliphatic rings. The van der Waals surface area contributed by atoms with Crippen LogP contribution in [-0.2, 0) is 0 Å². The van der Waals surface area contributed by atoms with E-state index in [1.54, 1.807) is 6.20 Å². The van der Waals surface area contributed by atoms with Crippen molar-refractivity contribution in [2.45, 2.75) is 39.0 Å². The summed E-state index contributed by atoms with van der Waals surface area (Å²) < 4.78 is 18.6. The van der Waals surface area contributed by atoms with E-state index in [0.29, 0.717) is 11.4 Å². The molecule has 1 unspecified atom stereocenters. The highest BCUT2D eigenvalue weighted by molar-refractivity contribution is 5.23. The van der Waals surface area contributed by atoms with Crippen LogP contribution in [0.4, 0.5) is 4.39 Å². The minimum Gasteiger partial charge on any atom is -0.495 e. The lowest BCUT2D eigenvalue weighted by atomic mass is 9.96. The molecule has 0 saturated carbocycles. The summed E-state index contributed by atoms with van der Waals surface area (Å²) in [6.45, 7) is 4.16. The first-order chi connectivity index (χ1) is 7.22. The number of rotatable bonds is 5. The minimum atomic E-state index is -0.255. The van der Waals surface area contributed by atoms with Crippen LogP contribution >= 0.6 is 0 Å². The van der Waals surface area contributed by atoms with E-state index in [1.807, 2.05) is 0 Å². The standard InChI is InChI=1S/C12H18FNO/c1-4-6-9(5-2)12-11(13)7-10(15-3)8-14-12/h7-9H,4-6H2,1-3H3. The van der Waals surface area contributed by atoms with Gasteiger partial charge in [0, 0.05) is 12.0 Å². The van der Waals surface area contributed by atoms with Crippen molar-refractivity contribution in [2.24, 2.45) is 0 Å². The van der Waals surface area contributed by atoms with Crippen LogP contribution in [0.5, 0.6) is 5.75 Å². The predicted molar refractivity (Wildman–Crippen MR) is 58.7 cm³/mol. The van der Waals surface area contributed by atoms with E-state index in [2.05, 4.69) is 18.8 Å². The van der Waals surface area contributed by atoms with Crippen LogP contribution in [0.1, 0.15) is 44.7 Å². The summed E-state index contributed by atoms with van der Waals surface area (Å²) in [5.41, 5.74) is 0.570. The summed E-state index contributed by atoms with van der Waals surface area (Å²) >= 11 is 0. The molecule has 0 spiro atoms. The number of hydrogen-bond donors (Lipinski definition) is 0. The molecule has 0 aliphatic carbocycles. The maximum Gasteiger partial charge on any atom is 0.148 e. The lowest BCUT2D eigenvalue weighted by Crippen LogP contribution is -2.04. The van der Waals surface area contributed by atoms with Gasteiger partial charge in [-0.25, -0.2) is 4.39 Å². The van der Waals surface area contributed by atoms with Gasteiger partial charge in [0.15, 0.2) is 0 Å². The van der Waals surface area contributed by atoms with Crippen LogP contribution < -0.4 is 4.74 Å². The maximum atomic E-state index is 13.7. The van der Waals surface area contributed by atoms with Crippen LogP contribution in [0.25, 0.3) is 0 Å². The zero-order valence-electron chi connectivity index (χ0n) is 9.59. The van der Waals surface area contributed by atoms with Gasteiger partial charge in [0.05, 0.1) is 19.0 Å². The van der Waals surface area contributed by atoms with Gasteiger partial charge in [-0.2, -0.15) is 0 Å². The Morgan fingerprint density at radius 2 is 2.20 bits per heavy atom. The molecule has 2 nitrogen and oxygen atoms in total. The minimum absolute atomic E-state index is 0.223. The molecule has 1 heterocycles. The molecule has 15 heavy (non-hydrogen) atoms. The van der Waals surface area contributed by atoms with Gasteiger partial charge in [-0.3, -0.25) is 4.98 Å². The third-order valence-corrected chi connectivity index (χ3v) is 2.60. The summed E-state index contributed by atoms with van der Waals surface area (Å²) in [6, 6.07) is 1.40. The van der Waals surface area contributed by atoms with Crippen LogP contribution in [0.2, 0.25) is 0 Å². The summed E-state index contributed by atoms with van der Waals surface area (Å²) in [4.78, 5) is 4.14. The summed E-state index contributed by atoms with van der Waals surface area (Å²) in [5, 5.41) is 0. The molecule has 0 radical (unpaired) electrons. The highest BCUT2D eigenvalue weighted by atomic mass is 19.1. The first-order valence-corrected chi connectivity index (χ1v) is 5.42. The van der Waals surface area contributed by atoms with Gasteiger partial charge in [-0.05, 0) is 12.8 Å². The maximum absolute atomic E-state index is 13.7. The Morgan fingerprint density at radius 1 is 1.47 bits per heavy atom. The molecule has 0 amide bonds. The largest absolute Gasteiger partial charge is 0.495 e. The predicted octanol–water partition coefficient (Wildman–Crippen LogP) is 3.52. The fourth-order valence-corrected chi connectivity index (χ4v) is 1.73. The molecule has 84 valence electrons. The number of halogens is 1. The number of hydrogen-bond acceptors (Lipinski definition) is 2. The second-order valence-electron chi connectivity index (χ2n) is 3.64. The summed E-state index contributed by atoms with van der Waals surface area (Å²) in [6.07, 6.45) is 4.53. The molecule has 1 atom stereocenters. The zero-order valence-corrected chi connectivity index (χ0v) is 9.59. The van der Waals surface area contributed by atoms with Gasteiger partial charge in [-0.15, -0.1) is 0 Å². The Kier molecular flexibility index (Phi) is 4.53. The number of pyridine rings is 1. The fraction of sp³-hybridized carbons (Fsp3) is 0.583. The van der Waals surface area contributed by atoms with E-state index in [9.17, 15) is 4.39 Å². The molecule has 3 heteroatoms. The molecule has 1 rings (SSSR count). The van der Waals surface area contributed by atoms with E-state index < -0.39 is 0 Å². The van der Waals surface area contributed by atoms with E-state index in [0.717, 1.165) is 19.3 Å². The van der Waals surface area contributed by atoms with Crippen molar-refractivity contribution >= 4 is 0 Å². The van der Waals surface area contributed by atoms with E-state index in [1.165, 1.54) is 13.2 Å². The lowest BCUT2D eigenvalue weighted by Gasteiger charge is -2.14. The van der Waals surface area contributed by atoms with Crippen molar-refractivity contribution in [3.8, 4) is 5.75 Å². The van der Waals surface area contributed by atoms with Gasteiger partial charge < -0.3 is 4.74 Å². The third kappa shape index (κ3) is 2.91. The average molecular weight is 211 g/mol. The van der Waals surface area contributed by atoms with E-state index in [-0.39, 0.29) is 11.7 Å². The van der Waals surface area contributed by atoms with Crippen molar-refractivity contribution < 1.29 is 9.13 Å². The molecule has 0 aliphatic heterocycles. The Balaban J connectivity index is 2.92. The highest BCUT2D eigenvalue weighted by Gasteiger charge is 2.15. The fourth-order valence-electron chi connectivity index (χ4n) is 1.73. The van der Waals surface area contributed by atoms with Gasteiger partial charge in [0.25, 0.3) is 0 Å². The van der Waals surface area contributed by atoms with Crippen LogP contribution in [0, 0.1) is 5.82 Å². The van der Waals surface area contributed by atoms with Crippen LogP contribution in [0.3, 0.4) is 0 Å². The first-order valence-electron chi connectivity index (χ1n) is 5.42. The Labute approximate surface area is 90.5 Å². The molecule has 0 N–H and O–H groups in total. The monoisotopic (exact) mass is 211 g/mol. The Hall–Kier alpha value is -1.12. The molecule has 1 aromatic heterocycles. The second-order valence-corrected chi connectivity index (χ2v) is 3.64. The highest BCUT2D eigenvalue weighted by Crippen LogP contribution is 2.26. The number of nitrogens with zero attached hydrogens (tertiary/aromatic N) is 1. The molecular formula is C12H18FNO. The summed E-state index contributed by atoms with van der Waals surface area (Å²) in [7, 11) is 1.51. The van der Waals surface area contributed by atoms with Crippen molar-refractivity contribution in [3.05, 3.63) is 23.8 Å². The topological polar surface area (TPSA) is 22.1 Å². The third-order valence-electron chi connectivity index (χ3n) is 2.60. The van der Waals surface area contributed by atoms with Crippen molar-refractivity contribution in [3.63, 3.8) is 0 Å². The molecule has 0 bridgehead atoms. The number of methoxy groups -OCH3 is 1. The van der Waals surface area contributed by atoms with Gasteiger partial charge >= 0.3 is 0 Å². The van der Waals surface area contributed by atoms with Gasteiger partial charge in [0.1, 0.15) is 11.6 Å². The van der Waals surface area contributed by atoms with Gasteiger partial charge in [0.2, 0.25) is 0 Å². The Morgan fingerprint density at radius 3 is 2.67 bits per heavy atom. The Bertz CT molecular complexity index is 314. The number of aromatic nitrogens is 1. The quantitative estimate of drug-likeness (QED) is 0.743. The zero-order chi connectivity index (χ0) is 11.3. The van der Waals surface area contributed by atoms with Crippen LogP contribution in [-0.4, -0.2) is 12.1 Å².